The van der Waals surface area contributed by atoms with Gasteiger partial charge in [-0.2, -0.15) is 0 Å². The number of amides is 2. The summed E-state index contributed by atoms with van der Waals surface area (Å²) in [5.74, 6) is -0.486. The van der Waals surface area contributed by atoms with Crippen molar-refractivity contribution >= 4 is 22.9 Å². The Balaban J connectivity index is 1.58. The van der Waals surface area contributed by atoms with E-state index in [0.717, 1.165) is 12.0 Å². The van der Waals surface area contributed by atoms with Gasteiger partial charge >= 0.3 is 12.0 Å². The smallest absolute Gasteiger partial charge is 0.333 e. The van der Waals surface area contributed by atoms with Gasteiger partial charge in [-0.15, -0.1) is 0 Å². The molecule has 6 nitrogen and oxygen atoms in total. The number of hydrogen-bond acceptors (Lipinski definition) is 3. The first-order chi connectivity index (χ1) is 13.6. The lowest BCUT2D eigenvalue weighted by atomic mass is 10.1. The zero-order valence-corrected chi connectivity index (χ0v) is 16.0. The zero-order chi connectivity index (χ0) is 19.7. The molecule has 28 heavy (non-hydrogen) atoms. The molecule has 144 valence electrons. The normalized spacial score (nSPS) is 14.4. The van der Waals surface area contributed by atoms with Crippen LogP contribution in [0.1, 0.15) is 22.7 Å². The highest BCUT2D eigenvalue weighted by Gasteiger charge is 2.27. The molecular weight excluding hydrogens is 354 g/mol. The van der Waals surface area contributed by atoms with Crippen LogP contribution in [0.25, 0.3) is 10.9 Å². The SMILES string of the molecule is COC(=O)[C@H](NC(=O)N1CCc2cn(C)c3cccc(c23)C1)c1ccccc1. The summed E-state index contributed by atoms with van der Waals surface area (Å²) in [6.07, 6.45) is 2.91. The number of nitrogens with one attached hydrogen (secondary N) is 1. The highest BCUT2D eigenvalue weighted by Crippen LogP contribution is 2.29. The first-order valence-electron chi connectivity index (χ1n) is 9.32. The molecule has 0 saturated carbocycles. The number of methoxy groups -OCH3 is 1. The number of hydrogen-bond donors (Lipinski definition) is 1. The van der Waals surface area contributed by atoms with Crippen LogP contribution in [0.3, 0.4) is 0 Å². The fraction of sp³-hybridized carbons (Fsp3) is 0.273. The van der Waals surface area contributed by atoms with E-state index >= 15 is 0 Å². The van der Waals surface area contributed by atoms with Crippen molar-refractivity contribution < 1.29 is 14.3 Å². The predicted octanol–water partition coefficient (Wildman–Crippen LogP) is 3.16. The minimum absolute atomic E-state index is 0.272. The molecule has 0 unspecified atom stereocenters. The number of benzene rings is 2. The molecule has 0 bridgehead atoms. The number of nitrogens with zero attached hydrogens (tertiary/aromatic N) is 2. The third kappa shape index (κ3) is 3.22. The van der Waals surface area contributed by atoms with Crippen molar-refractivity contribution in [1.82, 2.24) is 14.8 Å². The van der Waals surface area contributed by atoms with E-state index < -0.39 is 12.0 Å². The van der Waals surface area contributed by atoms with Crippen molar-refractivity contribution in [2.75, 3.05) is 13.7 Å². The molecule has 2 aromatic carbocycles. The van der Waals surface area contributed by atoms with Crippen molar-refractivity contribution in [3.63, 3.8) is 0 Å². The van der Waals surface area contributed by atoms with E-state index in [9.17, 15) is 9.59 Å². The number of carbonyl (C=O) groups excluding carboxylic acids is 2. The van der Waals surface area contributed by atoms with Crippen LogP contribution in [0.15, 0.2) is 54.7 Å². The molecule has 4 rings (SSSR count). The molecule has 1 aromatic heterocycles. The van der Waals surface area contributed by atoms with Crippen LogP contribution in [0, 0.1) is 0 Å². The quantitative estimate of drug-likeness (QED) is 0.713. The standard InChI is InChI=1S/C22H23N3O3/c1-24-13-17-11-12-25(14-16-9-6-10-18(24)19(16)17)22(27)23-20(21(26)28-2)15-7-4-3-5-8-15/h3-10,13,20H,11-12,14H2,1-2H3,(H,23,27)/t20-/m1/s1. The number of rotatable bonds is 3. The maximum absolute atomic E-state index is 13.0. The van der Waals surface area contributed by atoms with Crippen molar-refractivity contribution in [3.05, 3.63) is 71.4 Å². The molecule has 6 heteroatoms. The van der Waals surface area contributed by atoms with Crippen LogP contribution in [0.5, 0.6) is 0 Å². The summed E-state index contributed by atoms with van der Waals surface area (Å²) in [6.45, 7) is 1.09. The van der Waals surface area contributed by atoms with Gasteiger partial charge in [0.25, 0.3) is 0 Å². The average molecular weight is 377 g/mol. The molecule has 1 aliphatic rings. The van der Waals surface area contributed by atoms with Crippen LogP contribution in [-0.2, 0) is 29.5 Å². The van der Waals surface area contributed by atoms with E-state index in [2.05, 4.69) is 28.2 Å². The van der Waals surface area contributed by atoms with Crippen LogP contribution < -0.4 is 5.32 Å². The number of aromatic nitrogens is 1. The van der Waals surface area contributed by atoms with E-state index in [1.165, 1.54) is 23.6 Å². The lowest BCUT2D eigenvalue weighted by molar-refractivity contribution is -0.143. The molecule has 1 aliphatic heterocycles. The Morgan fingerprint density at radius 3 is 2.61 bits per heavy atom. The van der Waals surface area contributed by atoms with E-state index in [1.54, 1.807) is 17.0 Å². The fourth-order valence-corrected chi connectivity index (χ4v) is 3.91. The fourth-order valence-electron chi connectivity index (χ4n) is 3.91. The summed E-state index contributed by atoms with van der Waals surface area (Å²) in [4.78, 5) is 27.0. The molecule has 0 fully saturated rings. The molecule has 1 N–H and O–H groups in total. The Labute approximate surface area is 163 Å². The van der Waals surface area contributed by atoms with Crippen molar-refractivity contribution in [1.29, 1.82) is 0 Å². The number of aryl methyl sites for hydroxylation is 1. The topological polar surface area (TPSA) is 63.6 Å². The van der Waals surface area contributed by atoms with Crippen LogP contribution in [0.2, 0.25) is 0 Å². The summed E-state index contributed by atoms with van der Waals surface area (Å²) in [5, 5.41) is 4.08. The van der Waals surface area contributed by atoms with Crippen molar-refractivity contribution in [2.24, 2.45) is 7.05 Å². The molecule has 2 amide bonds. The van der Waals surface area contributed by atoms with E-state index in [0.29, 0.717) is 18.7 Å². The number of urea groups is 1. The Kier molecular flexibility index (Phi) is 4.77. The number of esters is 1. The van der Waals surface area contributed by atoms with Gasteiger partial charge in [-0.05, 0) is 29.2 Å². The van der Waals surface area contributed by atoms with Gasteiger partial charge < -0.3 is 19.5 Å². The van der Waals surface area contributed by atoms with Crippen LogP contribution in [-0.4, -0.2) is 35.1 Å². The lowest BCUT2D eigenvalue weighted by Crippen LogP contribution is -2.44. The van der Waals surface area contributed by atoms with Crippen LogP contribution >= 0.6 is 0 Å². The van der Waals surface area contributed by atoms with Gasteiger partial charge in [-0.25, -0.2) is 9.59 Å². The molecule has 1 atom stereocenters. The minimum Gasteiger partial charge on any atom is -0.467 e. The Morgan fingerprint density at radius 1 is 1.07 bits per heavy atom. The monoisotopic (exact) mass is 377 g/mol. The van der Waals surface area contributed by atoms with Gasteiger partial charge in [0.1, 0.15) is 0 Å². The zero-order valence-electron chi connectivity index (χ0n) is 16.0. The van der Waals surface area contributed by atoms with Gasteiger partial charge in [-0.3, -0.25) is 0 Å². The third-order valence-electron chi connectivity index (χ3n) is 5.32. The summed E-state index contributed by atoms with van der Waals surface area (Å²) in [6, 6.07) is 14.2. The molecule has 0 spiro atoms. The molecule has 2 heterocycles. The molecule has 0 aliphatic carbocycles. The molecule has 3 aromatic rings. The minimum atomic E-state index is -0.832. The van der Waals surface area contributed by atoms with Gasteiger partial charge in [-0.1, -0.05) is 42.5 Å². The van der Waals surface area contributed by atoms with E-state index in [-0.39, 0.29) is 6.03 Å². The van der Waals surface area contributed by atoms with Crippen molar-refractivity contribution in [2.45, 2.75) is 19.0 Å². The first kappa shape index (κ1) is 18.1. The van der Waals surface area contributed by atoms with Crippen molar-refractivity contribution in [3.8, 4) is 0 Å². The Morgan fingerprint density at radius 2 is 1.86 bits per heavy atom. The van der Waals surface area contributed by atoms with Gasteiger partial charge in [0.05, 0.1) is 7.11 Å². The van der Waals surface area contributed by atoms with Gasteiger partial charge in [0.2, 0.25) is 0 Å². The predicted molar refractivity (Wildman–Crippen MR) is 107 cm³/mol. The van der Waals surface area contributed by atoms with Gasteiger partial charge in [0, 0.05) is 37.2 Å². The number of ether oxygens (including phenoxy) is 1. The second-order valence-corrected chi connectivity index (χ2v) is 7.06. The van der Waals surface area contributed by atoms with Crippen LogP contribution in [0.4, 0.5) is 4.79 Å². The molecule has 0 radical (unpaired) electrons. The first-order valence-corrected chi connectivity index (χ1v) is 9.32. The second-order valence-electron chi connectivity index (χ2n) is 7.06. The average Bonchev–Trinajstić information content (AvgIpc) is 2.93. The summed E-state index contributed by atoms with van der Waals surface area (Å²) < 4.78 is 7.03. The maximum Gasteiger partial charge on any atom is 0.333 e. The van der Waals surface area contributed by atoms with E-state index in [1.807, 2.05) is 31.3 Å². The lowest BCUT2D eigenvalue weighted by Gasteiger charge is -2.25. The Hall–Kier alpha value is -3.28. The number of carbonyl (C=O) groups is 2. The highest BCUT2D eigenvalue weighted by molar-refractivity contribution is 5.89. The van der Waals surface area contributed by atoms with Gasteiger partial charge in [0.15, 0.2) is 6.04 Å². The highest BCUT2D eigenvalue weighted by atomic mass is 16.5. The molecule has 0 saturated heterocycles. The summed E-state index contributed by atoms with van der Waals surface area (Å²) in [5.41, 5.74) is 4.24. The second kappa shape index (κ2) is 7.38. The summed E-state index contributed by atoms with van der Waals surface area (Å²) in [7, 11) is 3.37. The molecular formula is C22H23N3O3. The third-order valence-corrected chi connectivity index (χ3v) is 5.32. The van der Waals surface area contributed by atoms with E-state index in [4.69, 9.17) is 4.74 Å². The Bertz CT molecular complexity index is 1030. The maximum atomic E-state index is 13.0. The largest absolute Gasteiger partial charge is 0.467 e. The summed E-state index contributed by atoms with van der Waals surface area (Å²) >= 11 is 0.